The Balaban J connectivity index is 2.21. The van der Waals surface area contributed by atoms with Crippen LogP contribution >= 0.6 is 0 Å². The van der Waals surface area contributed by atoms with Crippen molar-refractivity contribution >= 4 is 11.9 Å². The summed E-state index contributed by atoms with van der Waals surface area (Å²) in [6, 6.07) is 1.19. The van der Waals surface area contributed by atoms with E-state index in [0.717, 1.165) is 12.8 Å². The van der Waals surface area contributed by atoms with Crippen LogP contribution in [0.2, 0.25) is 0 Å². The molecule has 1 unspecified atom stereocenters. The molecule has 6 heteroatoms. The normalized spacial score (nSPS) is 16.4. The molecule has 0 bridgehead atoms. The van der Waals surface area contributed by atoms with E-state index >= 15 is 0 Å². The number of nitrogens with zero attached hydrogens (tertiary/aromatic N) is 2. The molecule has 0 saturated heterocycles. The van der Waals surface area contributed by atoms with Gasteiger partial charge in [-0.2, -0.15) is 5.10 Å². The minimum Gasteiger partial charge on any atom is -0.467 e. The van der Waals surface area contributed by atoms with E-state index in [1.807, 2.05) is 0 Å². The zero-order chi connectivity index (χ0) is 12.4. The van der Waals surface area contributed by atoms with Crippen LogP contribution in [0.15, 0.2) is 12.3 Å². The molecule has 6 nitrogen and oxygen atoms in total. The van der Waals surface area contributed by atoms with Gasteiger partial charge in [0, 0.05) is 13.2 Å². The van der Waals surface area contributed by atoms with Crippen LogP contribution in [0.3, 0.4) is 0 Å². The Morgan fingerprint density at radius 3 is 2.82 bits per heavy atom. The Hall–Kier alpha value is -1.85. The van der Waals surface area contributed by atoms with Gasteiger partial charge in [-0.1, -0.05) is 0 Å². The number of rotatable bonds is 4. The highest BCUT2D eigenvalue weighted by Crippen LogP contribution is 2.40. The molecule has 0 aromatic carbocycles. The van der Waals surface area contributed by atoms with Gasteiger partial charge in [0.05, 0.1) is 7.11 Å². The van der Waals surface area contributed by atoms with Gasteiger partial charge in [-0.3, -0.25) is 9.48 Å². The topological polar surface area (TPSA) is 73.2 Å². The number of carbonyl (C=O) groups is 2. The van der Waals surface area contributed by atoms with E-state index in [1.54, 1.807) is 19.3 Å². The summed E-state index contributed by atoms with van der Waals surface area (Å²) in [5, 5.41) is 6.61. The van der Waals surface area contributed by atoms with Crippen LogP contribution < -0.4 is 5.32 Å². The van der Waals surface area contributed by atoms with Gasteiger partial charge in [0.25, 0.3) is 5.91 Å². The number of aromatic nitrogens is 2. The molecule has 1 saturated carbocycles. The Bertz CT molecular complexity index is 437. The second kappa shape index (κ2) is 4.57. The minimum absolute atomic E-state index is 0.261. The maximum atomic E-state index is 11.7. The van der Waals surface area contributed by atoms with Crippen LogP contribution in [0, 0.1) is 5.92 Å². The van der Waals surface area contributed by atoms with E-state index in [-0.39, 0.29) is 17.8 Å². The lowest BCUT2D eigenvalue weighted by Crippen LogP contribution is -2.24. The lowest BCUT2D eigenvalue weighted by atomic mass is 10.2. The van der Waals surface area contributed by atoms with Crippen molar-refractivity contribution < 1.29 is 14.3 Å². The molecule has 1 atom stereocenters. The van der Waals surface area contributed by atoms with Gasteiger partial charge in [0.15, 0.2) is 6.04 Å². The largest absolute Gasteiger partial charge is 0.467 e. The molecule has 1 aromatic heterocycles. The number of nitrogens with one attached hydrogen (secondary N) is 1. The highest BCUT2D eigenvalue weighted by atomic mass is 16.5. The van der Waals surface area contributed by atoms with Gasteiger partial charge < -0.3 is 10.1 Å². The second-order valence-corrected chi connectivity index (χ2v) is 4.07. The molecular weight excluding hydrogens is 222 g/mol. The average Bonchev–Trinajstić information content (AvgIpc) is 3.05. The lowest BCUT2D eigenvalue weighted by Gasteiger charge is -2.13. The van der Waals surface area contributed by atoms with Crippen LogP contribution in [-0.4, -0.2) is 35.8 Å². The van der Waals surface area contributed by atoms with E-state index in [9.17, 15) is 9.59 Å². The molecule has 17 heavy (non-hydrogen) atoms. The molecule has 0 aliphatic heterocycles. The number of methoxy groups -OCH3 is 1. The second-order valence-electron chi connectivity index (χ2n) is 4.07. The van der Waals surface area contributed by atoms with Crippen molar-refractivity contribution in [2.24, 2.45) is 5.92 Å². The first-order chi connectivity index (χ1) is 8.17. The van der Waals surface area contributed by atoms with Gasteiger partial charge in [0.2, 0.25) is 0 Å². The lowest BCUT2D eigenvalue weighted by molar-refractivity contribution is -0.145. The number of hydrogen-bond donors (Lipinski definition) is 1. The van der Waals surface area contributed by atoms with Gasteiger partial charge in [-0.05, 0) is 24.8 Å². The molecular formula is C11H15N3O3. The molecule has 1 heterocycles. The summed E-state index contributed by atoms with van der Waals surface area (Å²) in [5.41, 5.74) is 0.307. The van der Waals surface area contributed by atoms with E-state index in [1.165, 1.54) is 11.8 Å². The molecule has 1 aromatic rings. The monoisotopic (exact) mass is 237 g/mol. The molecule has 0 spiro atoms. The van der Waals surface area contributed by atoms with E-state index < -0.39 is 6.04 Å². The molecule has 1 amide bonds. The molecule has 2 rings (SSSR count). The minimum atomic E-state index is -0.404. The van der Waals surface area contributed by atoms with Crippen molar-refractivity contribution in [2.75, 3.05) is 14.2 Å². The SMILES string of the molecule is CNC(=O)c1ccn(C(C(=O)OC)C2CC2)n1. The summed E-state index contributed by atoms with van der Waals surface area (Å²) in [6.45, 7) is 0. The van der Waals surface area contributed by atoms with Crippen molar-refractivity contribution in [1.29, 1.82) is 0 Å². The number of amides is 1. The fourth-order valence-electron chi connectivity index (χ4n) is 1.79. The number of ether oxygens (including phenoxy) is 1. The maximum absolute atomic E-state index is 11.7. The summed E-state index contributed by atoms with van der Waals surface area (Å²) in [4.78, 5) is 23.0. The quantitative estimate of drug-likeness (QED) is 0.768. The van der Waals surface area contributed by atoms with Crippen molar-refractivity contribution in [2.45, 2.75) is 18.9 Å². The average molecular weight is 237 g/mol. The third-order valence-electron chi connectivity index (χ3n) is 2.86. The van der Waals surface area contributed by atoms with Crippen LogP contribution in [0.1, 0.15) is 29.4 Å². The molecule has 1 N–H and O–H groups in total. The third-order valence-corrected chi connectivity index (χ3v) is 2.86. The number of hydrogen-bond acceptors (Lipinski definition) is 4. The molecule has 1 aliphatic rings. The molecule has 0 radical (unpaired) electrons. The van der Waals surface area contributed by atoms with Crippen molar-refractivity contribution in [1.82, 2.24) is 15.1 Å². The zero-order valence-electron chi connectivity index (χ0n) is 9.84. The standard InChI is InChI=1S/C11H15N3O3/c1-12-10(15)8-5-6-14(13-8)9(7-3-4-7)11(16)17-2/h5-7,9H,3-4H2,1-2H3,(H,12,15). The fourth-order valence-corrected chi connectivity index (χ4v) is 1.79. The van der Waals surface area contributed by atoms with E-state index in [0.29, 0.717) is 5.69 Å². The first-order valence-corrected chi connectivity index (χ1v) is 5.52. The van der Waals surface area contributed by atoms with Gasteiger partial charge in [-0.25, -0.2) is 4.79 Å². The van der Waals surface area contributed by atoms with Crippen LogP contribution in [0.25, 0.3) is 0 Å². The van der Waals surface area contributed by atoms with Gasteiger partial charge >= 0.3 is 5.97 Å². The van der Waals surface area contributed by atoms with Crippen LogP contribution in [-0.2, 0) is 9.53 Å². The fraction of sp³-hybridized carbons (Fsp3) is 0.545. The summed E-state index contributed by atoms with van der Waals surface area (Å²) < 4.78 is 6.29. The van der Waals surface area contributed by atoms with Crippen molar-refractivity contribution in [3.05, 3.63) is 18.0 Å². The predicted octanol–water partition coefficient (Wildman–Crippen LogP) is 0.367. The first kappa shape index (κ1) is 11.6. The van der Waals surface area contributed by atoms with Crippen molar-refractivity contribution in [3.63, 3.8) is 0 Å². The zero-order valence-corrected chi connectivity index (χ0v) is 9.84. The molecule has 1 aliphatic carbocycles. The number of carbonyl (C=O) groups excluding carboxylic acids is 2. The predicted molar refractivity (Wildman–Crippen MR) is 59.4 cm³/mol. The van der Waals surface area contributed by atoms with Gasteiger partial charge in [0.1, 0.15) is 5.69 Å². The molecule has 1 fully saturated rings. The van der Waals surface area contributed by atoms with E-state index in [4.69, 9.17) is 4.74 Å². The third kappa shape index (κ3) is 2.30. The highest BCUT2D eigenvalue weighted by Gasteiger charge is 2.39. The Morgan fingerprint density at radius 1 is 1.59 bits per heavy atom. The summed E-state index contributed by atoms with van der Waals surface area (Å²) >= 11 is 0. The maximum Gasteiger partial charge on any atom is 0.330 e. The molecule has 92 valence electrons. The van der Waals surface area contributed by atoms with Crippen LogP contribution in [0.5, 0.6) is 0 Å². The Labute approximate surface area is 98.9 Å². The first-order valence-electron chi connectivity index (χ1n) is 5.52. The summed E-state index contributed by atoms with van der Waals surface area (Å²) in [7, 11) is 2.90. The number of esters is 1. The van der Waals surface area contributed by atoms with Crippen molar-refractivity contribution in [3.8, 4) is 0 Å². The Kier molecular flexibility index (Phi) is 3.12. The van der Waals surface area contributed by atoms with Crippen LogP contribution in [0.4, 0.5) is 0 Å². The highest BCUT2D eigenvalue weighted by molar-refractivity contribution is 5.91. The summed E-state index contributed by atoms with van der Waals surface area (Å²) in [6.07, 6.45) is 3.63. The smallest absolute Gasteiger partial charge is 0.330 e. The Morgan fingerprint density at radius 2 is 2.29 bits per heavy atom. The van der Waals surface area contributed by atoms with Gasteiger partial charge in [-0.15, -0.1) is 0 Å². The summed E-state index contributed by atoms with van der Waals surface area (Å²) in [5.74, 6) is -0.290. The van der Waals surface area contributed by atoms with E-state index in [2.05, 4.69) is 10.4 Å².